The molecule has 1 fully saturated rings. The molecule has 116 valence electrons. The summed E-state index contributed by atoms with van der Waals surface area (Å²) in [6.45, 7) is 2.62. The van der Waals surface area contributed by atoms with Crippen LogP contribution in [0.2, 0.25) is 15.1 Å². The van der Waals surface area contributed by atoms with Gasteiger partial charge in [-0.1, -0.05) is 40.9 Å². The highest BCUT2D eigenvalue weighted by Gasteiger charge is 2.23. The van der Waals surface area contributed by atoms with Gasteiger partial charge in [-0.15, -0.1) is 0 Å². The van der Waals surface area contributed by atoms with E-state index in [9.17, 15) is 0 Å². The van der Waals surface area contributed by atoms with Crippen LogP contribution < -0.4 is 10.2 Å². The zero-order valence-electron chi connectivity index (χ0n) is 11.9. The van der Waals surface area contributed by atoms with Gasteiger partial charge in [0.25, 0.3) is 0 Å². The van der Waals surface area contributed by atoms with Gasteiger partial charge in [0.2, 0.25) is 0 Å². The second-order valence-electron chi connectivity index (χ2n) is 5.38. The molecule has 1 saturated heterocycles. The number of halogens is 3. The van der Waals surface area contributed by atoms with E-state index in [1.165, 1.54) is 0 Å². The molecule has 1 atom stereocenters. The Morgan fingerprint density at radius 1 is 1.14 bits per heavy atom. The molecule has 1 aromatic heterocycles. The van der Waals surface area contributed by atoms with Gasteiger partial charge < -0.3 is 10.2 Å². The highest BCUT2D eigenvalue weighted by Crippen LogP contribution is 2.23. The number of rotatable bonds is 4. The number of benzene rings is 1. The molecule has 1 aromatic carbocycles. The fraction of sp³-hybridized carbons (Fsp3) is 0.312. The molecular formula is C16H16Cl3N3. The second-order valence-corrected chi connectivity index (χ2v) is 6.66. The van der Waals surface area contributed by atoms with Crippen LogP contribution in [0.15, 0.2) is 36.5 Å². The van der Waals surface area contributed by atoms with E-state index < -0.39 is 0 Å². The molecule has 0 amide bonds. The van der Waals surface area contributed by atoms with Crippen molar-refractivity contribution in [1.82, 2.24) is 10.3 Å². The molecule has 1 N–H and O–H groups in total. The summed E-state index contributed by atoms with van der Waals surface area (Å²) >= 11 is 18.1. The van der Waals surface area contributed by atoms with Gasteiger partial charge in [-0.05, 0) is 36.2 Å². The highest BCUT2D eigenvalue weighted by molar-refractivity contribution is 6.35. The predicted molar refractivity (Wildman–Crippen MR) is 93.2 cm³/mol. The quantitative estimate of drug-likeness (QED) is 0.879. The lowest BCUT2D eigenvalue weighted by Crippen LogP contribution is -2.32. The molecule has 2 heterocycles. The highest BCUT2D eigenvalue weighted by atomic mass is 35.5. The van der Waals surface area contributed by atoms with Crippen LogP contribution in [0.5, 0.6) is 0 Å². The molecule has 6 heteroatoms. The summed E-state index contributed by atoms with van der Waals surface area (Å²) in [6.07, 6.45) is 2.81. The van der Waals surface area contributed by atoms with Crippen LogP contribution in [0, 0.1) is 0 Å². The number of nitrogens with zero attached hydrogens (tertiary/aromatic N) is 2. The summed E-state index contributed by atoms with van der Waals surface area (Å²) < 4.78 is 0. The van der Waals surface area contributed by atoms with Crippen LogP contribution in [-0.2, 0) is 6.54 Å². The standard InChI is InChI=1S/C16H16Cl3N3/c17-12-2-1-11(15(19)7-12)9-21-14-4-6-22(10-14)16-8-13(18)3-5-20-16/h1-3,5,7-8,14,21H,4,6,9-10H2. The third-order valence-electron chi connectivity index (χ3n) is 3.82. The lowest BCUT2D eigenvalue weighted by atomic mass is 10.2. The van der Waals surface area contributed by atoms with Gasteiger partial charge in [0, 0.05) is 46.9 Å². The lowest BCUT2D eigenvalue weighted by Gasteiger charge is -2.18. The Morgan fingerprint density at radius 3 is 2.73 bits per heavy atom. The van der Waals surface area contributed by atoms with Gasteiger partial charge >= 0.3 is 0 Å². The molecule has 1 unspecified atom stereocenters. The zero-order chi connectivity index (χ0) is 15.5. The number of hydrogen-bond donors (Lipinski definition) is 1. The average molecular weight is 357 g/mol. The number of pyridine rings is 1. The van der Waals surface area contributed by atoms with E-state index in [4.69, 9.17) is 34.8 Å². The predicted octanol–water partition coefficient (Wildman–Crippen LogP) is 4.41. The normalized spacial score (nSPS) is 18.0. The van der Waals surface area contributed by atoms with Crippen molar-refractivity contribution in [1.29, 1.82) is 0 Å². The van der Waals surface area contributed by atoms with E-state index >= 15 is 0 Å². The molecule has 0 radical (unpaired) electrons. The van der Waals surface area contributed by atoms with E-state index in [1.807, 2.05) is 18.2 Å². The van der Waals surface area contributed by atoms with Crippen LogP contribution in [-0.4, -0.2) is 24.1 Å². The SMILES string of the molecule is Clc1ccnc(N2CCC(NCc3ccc(Cl)cc3Cl)C2)c1. The first kappa shape index (κ1) is 15.9. The fourth-order valence-corrected chi connectivity index (χ4v) is 3.25. The van der Waals surface area contributed by atoms with Gasteiger partial charge in [0.05, 0.1) is 0 Å². The van der Waals surface area contributed by atoms with Crippen molar-refractivity contribution in [3.05, 3.63) is 57.2 Å². The third-order valence-corrected chi connectivity index (χ3v) is 4.64. The molecule has 1 aliphatic heterocycles. The molecule has 3 rings (SSSR count). The van der Waals surface area contributed by atoms with Gasteiger partial charge in [-0.25, -0.2) is 4.98 Å². The van der Waals surface area contributed by atoms with Crippen LogP contribution >= 0.6 is 34.8 Å². The molecule has 0 bridgehead atoms. The van der Waals surface area contributed by atoms with Crippen molar-refractivity contribution in [3.63, 3.8) is 0 Å². The maximum Gasteiger partial charge on any atom is 0.130 e. The first-order valence-corrected chi connectivity index (χ1v) is 8.29. The first-order chi connectivity index (χ1) is 10.6. The number of nitrogens with one attached hydrogen (secondary N) is 1. The van der Waals surface area contributed by atoms with Gasteiger partial charge in [0.15, 0.2) is 0 Å². The van der Waals surface area contributed by atoms with Crippen molar-refractivity contribution in [2.24, 2.45) is 0 Å². The number of aromatic nitrogens is 1. The third kappa shape index (κ3) is 3.85. The topological polar surface area (TPSA) is 28.2 Å². The smallest absolute Gasteiger partial charge is 0.130 e. The molecule has 2 aromatic rings. The summed E-state index contributed by atoms with van der Waals surface area (Å²) in [5.41, 5.74) is 1.06. The molecule has 0 aliphatic carbocycles. The molecule has 3 nitrogen and oxygen atoms in total. The Balaban J connectivity index is 1.57. The van der Waals surface area contributed by atoms with E-state index in [1.54, 1.807) is 18.3 Å². The molecule has 0 spiro atoms. The maximum atomic E-state index is 6.20. The number of anilines is 1. The average Bonchev–Trinajstić information content (AvgIpc) is 2.95. The van der Waals surface area contributed by atoms with Crippen molar-refractivity contribution >= 4 is 40.6 Å². The van der Waals surface area contributed by atoms with Crippen molar-refractivity contribution in [2.75, 3.05) is 18.0 Å². The Hall–Kier alpha value is -1.000. The van der Waals surface area contributed by atoms with E-state index in [-0.39, 0.29) is 0 Å². The molecule has 1 aliphatic rings. The second kappa shape index (κ2) is 7.05. The van der Waals surface area contributed by atoms with Crippen LogP contribution in [0.4, 0.5) is 5.82 Å². The summed E-state index contributed by atoms with van der Waals surface area (Å²) in [5.74, 6) is 0.932. The minimum absolute atomic E-state index is 0.410. The Bertz CT molecular complexity index is 663. The van der Waals surface area contributed by atoms with Crippen LogP contribution in [0.25, 0.3) is 0 Å². The van der Waals surface area contributed by atoms with Crippen molar-refractivity contribution in [3.8, 4) is 0 Å². The summed E-state index contributed by atoms with van der Waals surface area (Å²) in [7, 11) is 0. The summed E-state index contributed by atoms with van der Waals surface area (Å²) in [4.78, 5) is 6.62. The molecular weight excluding hydrogens is 341 g/mol. The van der Waals surface area contributed by atoms with E-state index in [0.717, 1.165) is 37.4 Å². The zero-order valence-corrected chi connectivity index (χ0v) is 14.2. The first-order valence-electron chi connectivity index (χ1n) is 7.15. The summed E-state index contributed by atoms with van der Waals surface area (Å²) in [6, 6.07) is 9.70. The Morgan fingerprint density at radius 2 is 1.95 bits per heavy atom. The van der Waals surface area contributed by atoms with Crippen LogP contribution in [0.1, 0.15) is 12.0 Å². The maximum absolute atomic E-state index is 6.20. The van der Waals surface area contributed by atoms with Crippen LogP contribution in [0.3, 0.4) is 0 Å². The van der Waals surface area contributed by atoms with E-state index in [2.05, 4.69) is 15.2 Å². The summed E-state index contributed by atoms with van der Waals surface area (Å²) in [5, 5.41) is 5.62. The molecule has 22 heavy (non-hydrogen) atoms. The Kier molecular flexibility index (Phi) is 5.09. The van der Waals surface area contributed by atoms with Gasteiger partial charge in [0.1, 0.15) is 5.82 Å². The monoisotopic (exact) mass is 355 g/mol. The lowest BCUT2D eigenvalue weighted by molar-refractivity contribution is 0.551. The minimum Gasteiger partial charge on any atom is -0.355 e. The molecule has 0 saturated carbocycles. The van der Waals surface area contributed by atoms with Gasteiger partial charge in [-0.2, -0.15) is 0 Å². The van der Waals surface area contributed by atoms with Crippen molar-refractivity contribution < 1.29 is 0 Å². The Labute approximate surface area is 145 Å². The largest absolute Gasteiger partial charge is 0.355 e. The number of hydrogen-bond acceptors (Lipinski definition) is 3. The van der Waals surface area contributed by atoms with Crippen molar-refractivity contribution in [2.45, 2.75) is 19.0 Å². The van der Waals surface area contributed by atoms with E-state index in [0.29, 0.717) is 21.1 Å². The fourth-order valence-electron chi connectivity index (χ4n) is 2.62. The minimum atomic E-state index is 0.410. The van der Waals surface area contributed by atoms with Gasteiger partial charge in [-0.3, -0.25) is 0 Å².